The van der Waals surface area contributed by atoms with Gasteiger partial charge in [-0.1, -0.05) is 54.8 Å². The van der Waals surface area contributed by atoms with Crippen molar-refractivity contribution in [1.82, 2.24) is 9.88 Å². The number of fused-ring (bicyclic) bond motifs is 2. The number of aromatic nitrogens is 1. The molecule has 6 rings (SSSR count). The van der Waals surface area contributed by atoms with E-state index in [0.29, 0.717) is 42.0 Å². The number of halogens is 3. The fourth-order valence-electron chi connectivity index (χ4n) is 7.41. The van der Waals surface area contributed by atoms with Crippen LogP contribution in [0, 0.1) is 17.3 Å². The Morgan fingerprint density at radius 3 is 2.72 bits per heavy atom. The molecule has 1 aromatic carbocycles. The predicted octanol–water partition coefficient (Wildman–Crippen LogP) is 7.08. The normalized spacial score (nSPS) is 29.8. The number of alkyl halides is 3. The van der Waals surface area contributed by atoms with Gasteiger partial charge in [0.15, 0.2) is 0 Å². The van der Waals surface area contributed by atoms with Gasteiger partial charge in [-0.05, 0) is 73.5 Å². The van der Waals surface area contributed by atoms with Gasteiger partial charge in [0, 0.05) is 31.4 Å². The molecule has 36 heavy (non-hydrogen) atoms. The molecule has 0 radical (unpaired) electrons. The number of nitrogens with zero attached hydrogens (tertiary/aromatic N) is 2. The van der Waals surface area contributed by atoms with Crippen LogP contribution in [0.2, 0.25) is 0 Å². The molecule has 1 amide bonds. The topological polar surface area (TPSA) is 33.2 Å². The molecule has 1 aliphatic heterocycles. The largest absolute Gasteiger partial charge is 0.417 e. The zero-order valence-corrected chi connectivity index (χ0v) is 20.6. The van der Waals surface area contributed by atoms with E-state index in [1.165, 1.54) is 23.6 Å². The summed E-state index contributed by atoms with van der Waals surface area (Å²) in [5.74, 6) is 1.60. The first-order valence-corrected chi connectivity index (χ1v) is 13.4. The van der Waals surface area contributed by atoms with Crippen LogP contribution < -0.4 is 0 Å². The van der Waals surface area contributed by atoms with Gasteiger partial charge in [0.1, 0.15) is 0 Å². The molecule has 3 aliphatic carbocycles. The number of carbonyl (C=O) groups excluding carboxylic acids is 1. The Morgan fingerprint density at radius 1 is 1.14 bits per heavy atom. The maximum atomic E-state index is 14.1. The lowest BCUT2D eigenvalue weighted by Crippen LogP contribution is -2.49. The fourth-order valence-corrected chi connectivity index (χ4v) is 7.41. The highest BCUT2D eigenvalue weighted by Crippen LogP contribution is 2.57. The Kier molecular flexibility index (Phi) is 5.96. The van der Waals surface area contributed by atoms with Crippen molar-refractivity contribution in [2.45, 2.75) is 76.4 Å². The minimum atomic E-state index is -4.42. The van der Waals surface area contributed by atoms with Crippen LogP contribution in [0.5, 0.6) is 0 Å². The Hall–Kier alpha value is -2.63. The standard InChI is InChI=1S/C30H33F3N2O/c31-30(32,33)26-16-24-19-35(11-9-27(24)34-18-26)28(36)29-10-5-4-8-25(29)15-21(17-29)12-20-13-23(14-20)22-6-2-1-3-7-22/h1-3,6-7,12,16,18,21,23,25H,4-5,8-11,13-15,17,19H2/t21-,23?,25-,29-/m1/s1. The maximum absolute atomic E-state index is 14.1. The summed E-state index contributed by atoms with van der Waals surface area (Å²) in [4.78, 5) is 20.0. The van der Waals surface area contributed by atoms with E-state index in [-0.39, 0.29) is 17.9 Å². The smallest absolute Gasteiger partial charge is 0.337 e. The third kappa shape index (κ3) is 4.26. The number of hydrogen-bond acceptors (Lipinski definition) is 2. The van der Waals surface area contributed by atoms with Crippen LogP contribution in [0.25, 0.3) is 0 Å². The summed E-state index contributed by atoms with van der Waals surface area (Å²) < 4.78 is 39.8. The van der Waals surface area contributed by atoms with Crippen molar-refractivity contribution in [1.29, 1.82) is 0 Å². The van der Waals surface area contributed by atoms with Gasteiger partial charge in [-0.25, -0.2) is 0 Å². The quantitative estimate of drug-likeness (QED) is 0.428. The fraction of sp³-hybridized carbons (Fsp3) is 0.533. The average molecular weight is 495 g/mol. The number of carbonyl (C=O) groups is 1. The third-order valence-electron chi connectivity index (χ3n) is 9.26. The molecule has 4 aliphatic rings. The van der Waals surface area contributed by atoms with Crippen LogP contribution in [0.3, 0.4) is 0 Å². The van der Waals surface area contributed by atoms with E-state index in [9.17, 15) is 18.0 Å². The van der Waals surface area contributed by atoms with Gasteiger partial charge in [-0.15, -0.1) is 0 Å². The summed E-state index contributed by atoms with van der Waals surface area (Å²) in [6.07, 6.45) is 7.90. The van der Waals surface area contributed by atoms with E-state index >= 15 is 0 Å². The van der Waals surface area contributed by atoms with Crippen molar-refractivity contribution in [2.75, 3.05) is 6.54 Å². The Balaban J connectivity index is 1.17. The van der Waals surface area contributed by atoms with Crippen LogP contribution in [0.15, 0.2) is 54.2 Å². The zero-order valence-electron chi connectivity index (χ0n) is 20.6. The second kappa shape index (κ2) is 9.04. The molecule has 0 N–H and O–H groups in total. The average Bonchev–Trinajstić information content (AvgIpc) is 3.24. The molecule has 0 saturated heterocycles. The van der Waals surface area contributed by atoms with E-state index < -0.39 is 11.7 Å². The molecule has 6 heteroatoms. The first-order valence-electron chi connectivity index (χ1n) is 13.4. The lowest BCUT2D eigenvalue weighted by molar-refractivity contribution is -0.147. The maximum Gasteiger partial charge on any atom is 0.417 e. The number of benzene rings is 1. The molecule has 0 unspecified atom stereocenters. The van der Waals surface area contributed by atoms with Gasteiger partial charge >= 0.3 is 6.18 Å². The van der Waals surface area contributed by atoms with Crippen molar-refractivity contribution in [3.63, 3.8) is 0 Å². The first-order chi connectivity index (χ1) is 17.3. The van der Waals surface area contributed by atoms with E-state index in [2.05, 4.69) is 41.4 Å². The highest BCUT2D eigenvalue weighted by atomic mass is 19.4. The Morgan fingerprint density at radius 2 is 1.94 bits per heavy atom. The molecule has 2 heterocycles. The SMILES string of the molecule is O=C(N1CCc2ncc(C(F)(F)F)cc2C1)[C@@]12CCCC[C@@H]1C[C@@H](C=C1CC(c3ccccc3)C1)C2. The molecule has 3 nitrogen and oxygen atoms in total. The van der Waals surface area contributed by atoms with Gasteiger partial charge < -0.3 is 4.90 Å². The summed E-state index contributed by atoms with van der Waals surface area (Å²) in [5, 5.41) is 0. The number of pyridine rings is 1. The lowest BCUT2D eigenvalue weighted by atomic mass is 9.67. The lowest BCUT2D eigenvalue weighted by Gasteiger charge is -2.43. The van der Waals surface area contributed by atoms with Crippen LogP contribution in [0.1, 0.15) is 79.7 Å². The second-order valence-corrected chi connectivity index (χ2v) is 11.4. The second-order valence-electron chi connectivity index (χ2n) is 11.4. The number of allylic oxidation sites excluding steroid dienone is 2. The molecule has 1 aromatic heterocycles. The van der Waals surface area contributed by atoms with Crippen molar-refractivity contribution in [3.05, 3.63) is 76.6 Å². The van der Waals surface area contributed by atoms with Crippen LogP contribution in [-0.2, 0) is 23.9 Å². The number of hydrogen-bond donors (Lipinski definition) is 0. The van der Waals surface area contributed by atoms with E-state index in [0.717, 1.165) is 51.1 Å². The van der Waals surface area contributed by atoms with Gasteiger partial charge in [0.05, 0.1) is 11.0 Å². The van der Waals surface area contributed by atoms with Crippen LogP contribution in [-0.4, -0.2) is 22.3 Å². The van der Waals surface area contributed by atoms with E-state index in [1.54, 1.807) is 0 Å². The highest BCUT2D eigenvalue weighted by molar-refractivity contribution is 5.84. The molecule has 2 aromatic rings. The molecule has 190 valence electrons. The molecular formula is C30H33F3N2O. The highest BCUT2D eigenvalue weighted by Gasteiger charge is 2.54. The molecule has 0 bridgehead atoms. The van der Waals surface area contributed by atoms with Crippen LogP contribution in [0.4, 0.5) is 13.2 Å². The van der Waals surface area contributed by atoms with Gasteiger partial charge in [-0.2, -0.15) is 13.2 Å². The zero-order chi connectivity index (χ0) is 24.9. The molecular weight excluding hydrogens is 461 g/mol. The monoisotopic (exact) mass is 494 g/mol. The summed E-state index contributed by atoms with van der Waals surface area (Å²) in [7, 11) is 0. The van der Waals surface area contributed by atoms with Gasteiger partial charge in [-0.3, -0.25) is 9.78 Å². The summed E-state index contributed by atoms with van der Waals surface area (Å²) in [6, 6.07) is 11.9. The molecule has 3 fully saturated rings. The Bertz CT molecular complexity index is 1170. The summed E-state index contributed by atoms with van der Waals surface area (Å²) >= 11 is 0. The van der Waals surface area contributed by atoms with Gasteiger partial charge in [0.2, 0.25) is 5.91 Å². The van der Waals surface area contributed by atoms with E-state index in [1.807, 2.05) is 4.90 Å². The molecule has 3 atom stereocenters. The van der Waals surface area contributed by atoms with Crippen molar-refractivity contribution < 1.29 is 18.0 Å². The summed E-state index contributed by atoms with van der Waals surface area (Å²) in [5.41, 5.74) is 3.09. The van der Waals surface area contributed by atoms with Crippen molar-refractivity contribution in [3.8, 4) is 0 Å². The van der Waals surface area contributed by atoms with Gasteiger partial charge in [0.25, 0.3) is 0 Å². The van der Waals surface area contributed by atoms with E-state index in [4.69, 9.17) is 0 Å². The summed E-state index contributed by atoms with van der Waals surface area (Å²) in [6.45, 7) is 0.785. The minimum Gasteiger partial charge on any atom is -0.337 e. The predicted molar refractivity (Wildman–Crippen MR) is 132 cm³/mol. The van der Waals surface area contributed by atoms with Crippen LogP contribution >= 0.6 is 0 Å². The Labute approximate surface area is 210 Å². The molecule has 3 saturated carbocycles. The van der Waals surface area contributed by atoms with Crippen molar-refractivity contribution in [2.24, 2.45) is 17.3 Å². The molecule has 0 spiro atoms. The van der Waals surface area contributed by atoms with Crippen molar-refractivity contribution >= 4 is 5.91 Å². The third-order valence-corrected chi connectivity index (χ3v) is 9.26. The first kappa shape index (κ1) is 23.7. The number of amides is 1. The number of rotatable bonds is 3. The minimum absolute atomic E-state index is 0.173.